The molecule has 4 aromatic heterocycles. The van der Waals surface area contributed by atoms with E-state index >= 15 is 4.39 Å². The summed E-state index contributed by atoms with van der Waals surface area (Å²) in [7, 11) is 0. The van der Waals surface area contributed by atoms with Gasteiger partial charge in [0, 0.05) is 30.1 Å². The number of aromatic nitrogens is 7. The lowest BCUT2D eigenvalue weighted by Crippen LogP contribution is -2.27. The summed E-state index contributed by atoms with van der Waals surface area (Å²) in [4.78, 5) is 32.2. The summed E-state index contributed by atoms with van der Waals surface area (Å²) in [6.45, 7) is 3.98. The minimum Gasteiger partial charge on any atom is -0.322 e. The SMILES string of the molecule is CC1CCC(Cn2c(C(C)(F)c3ccccc3F)nc3nc(-c4noc(=O)[nH]4)nc(-c4cncc(Cl)c4)c32)CC1. The molecule has 40 heavy (non-hydrogen) atoms. The third-order valence-corrected chi connectivity index (χ3v) is 7.82. The van der Waals surface area contributed by atoms with Crippen molar-refractivity contribution in [2.75, 3.05) is 0 Å². The molecule has 0 aliphatic heterocycles. The topological polar surface area (TPSA) is 115 Å². The van der Waals surface area contributed by atoms with Gasteiger partial charge in [-0.15, -0.1) is 0 Å². The molecule has 1 aromatic carbocycles. The number of aromatic amines is 1. The molecule has 0 spiro atoms. The Bertz CT molecular complexity index is 1760. The van der Waals surface area contributed by atoms with Gasteiger partial charge in [-0.05, 0) is 43.7 Å². The Kier molecular flexibility index (Phi) is 6.69. The van der Waals surface area contributed by atoms with Crippen LogP contribution in [0.2, 0.25) is 5.02 Å². The second kappa shape index (κ2) is 10.2. The highest BCUT2D eigenvalue weighted by molar-refractivity contribution is 6.30. The summed E-state index contributed by atoms with van der Waals surface area (Å²) in [5.41, 5.74) is -0.936. The zero-order valence-electron chi connectivity index (χ0n) is 21.9. The van der Waals surface area contributed by atoms with Crippen molar-refractivity contribution >= 4 is 22.8 Å². The predicted molar refractivity (Wildman–Crippen MR) is 145 cm³/mol. The molecule has 1 aliphatic rings. The molecule has 4 heterocycles. The number of hydrogen-bond donors (Lipinski definition) is 1. The molecule has 0 saturated heterocycles. The number of nitrogens with one attached hydrogen (secondary N) is 1. The standard InChI is InChI=1S/C28H26ClF2N7O2/c1-15-7-9-16(10-8-15)14-38-22-21(17-11-18(29)13-32-12-17)33-24(25-36-27(39)40-37-25)34-23(22)35-26(38)28(2,31)19-5-3-4-6-20(19)30/h3-6,11-13,15-16H,7-10,14H2,1-2H3,(H,36,37,39). The van der Waals surface area contributed by atoms with Gasteiger partial charge in [0.05, 0.1) is 5.02 Å². The lowest BCUT2D eigenvalue weighted by atomic mass is 9.83. The van der Waals surface area contributed by atoms with E-state index in [9.17, 15) is 9.18 Å². The largest absolute Gasteiger partial charge is 0.439 e. The van der Waals surface area contributed by atoms with E-state index in [1.807, 2.05) is 0 Å². The van der Waals surface area contributed by atoms with Gasteiger partial charge in [0.1, 0.15) is 17.0 Å². The van der Waals surface area contributed by atoms with Crippen molar-refractivity contribution in [3.8, 4) is 22.9 Å². The van der Waals surface area contributed by atoms with Crippen LogP contribution in [0, 0.1) is 17.7 Å². The molecule has 9 nitrogen and oxygen atoms in total. The molecule has 1 unspecified atom stereocenters. The number of alkyl halides is 1. The van der Waals surface area contributed by atoms with E-state index in [0.29, 0.717) is 34.3 Å². The highest BCUT2D eigenvalue weighted by Crippen LogP contribution is 2.40. The molecule has 1 saturated carbocycles. The predicted octanol–water partition coefficient (Wildman–Crippen LogP) is 6.08. The molecule has 1 aliphatic carbocycles. The van der Waals surface area contributed by atoms with Crippen molar-refractivity contribution in [2.45, 2.75) is 51.7 Å². The number of fused-ring (bicyclic) bond motifs is 1. The Hall–Kier alpha value is -3.99. The summed E-state index contributed by atoms with van der Waals surface area (Å²) in [5, 5.41) is 4.09. The number of H-pyrrole nitrogens is 1. The molecule has 12 heteroatoms. The normalized spacial score (nSPS) is 19.1. The number of pyridine rings is 1. The second-order valence-electron chi connectivity index (χ2n) is 10.6. The summed E-state index contributed by atoms with van der Waals surface area (Å²) in [6, 6.07) is 7.43. The van der Waals surface area contributed by atoms with Gasteiger partial charge in [-0.2, -0.15) is 0 Å². The van der Waals surface area contributed by atoms with Crippen molar-refractivity contribution in [3.63, 3.8) is 0 Å². The summed E-state index contributed by atoms with van der Waals surface area (Å²) >= 11 is 6.29. The lowest BCUT2D eigenvalue weighted by Gasteiger charge is -2.29. The van der Waals surface area contributed by atoms with Gasteiger partial charge >= 0.3 is 5.76 Å². The van der Waals surface area contributed by atoms with Gasteiger partial charge in [0.15, 0.2) is 17.1 Å². The van der Waals surface area contributed by atoms with Gasteiger partial charge in [0.2, 0.25) is 11.6 Å². The van der Waals surface area contributed by atoms with Gasteiger partial charge < -0.3 is 4.57 Å². The average Bonchev–Trinajstić information content (AvgIpc) is 3.53. The minimum absolute atomic E-state index is 0.00237. The molecule has 206 valence electrons. The average molecular weight is 566 g/mol. The van der Waals surface area contributed by atoms with Crippen molar-refractivity contribution in [1.29, 1.82) is 0 Å². The fourth-order valence-corrected chi connectivity index (χ4v) is 5.65. The van der Waals surface area contributed by atoms with E-state index in [1.165, 1.54) is 31.3 Å². The van der Waals surface area contributed by atoms with Crippen LogP contribution in [0.1, 0.15) is 50.9 Å². The van der Waals surface area contributed by atoms with E-state index in [0.717, 1.165) is 25.7 Å². The summed E-state index contributed by atoms with van der Waals surface area (Å²) in [5.74, 6) is -0.575. The first-order chi connectivity index (χ1) is 19.2. The van der Waals surface area contributed by atoms with E-state index in [-0.39, 0.29) is 34.6 Å². The van der Waals surface area contributed by atoms with E-state index in [2.05, 4.69) is 41.5 Å². The van der Waals surface area contributed by atoms with Crippen molar-refractivity contribution in [3.05, 3.63) is 75.5 Å². The van der Waals surface area contributed by atoms with Crippen LogP contribution in [0.4, 0.5) is 8.78 Å². The van der Waals surface area contributed by atoms with Crippen LogP contribution in [0.5, 0.6) is 0 Å². The van der Waals surface area contributed by atoms with Gasteiger partial charge in [-0.25, -0.2) is 28.5 Å². The smallest absolute Gasteiger partial charge is 0.322 e. The number of nitrogens with zero attached hydrogens (tertiary/aromatic N) is 6. The molecule has 6 rings (SSSR count). The van der Waals surface area contributed by atoms with Crippen LogP contribution in [0.15, 0.2) is 52.0 Å². The van der Waals surface area contributed by atoms with Crippen LogP contribution in [-0.4, -0.2) is 34.6 Å². The summed E-state index contributed by atoms with van der Waals surface area (Å²) in [6.07, 6.45) is 7.14. The number of benzene rings is 1. The molecule has 0 bridgehead atoms. The Labute approximate surface area is 232 Å². The van der Waals surface area contributed by atoms with Gasteiger partial charge in [-0.1, -0.05) is 54.7 Å². The number of rotatable bonds is 6. The maximum atomic E-state index is 16.9. The maximum Gasteiger partial charge on any atom is 0.439 e. The highest BCUT2D eigenvalue weighted by atomic mass is 35.5. The quantitative estimate of drug-likeness (QED) is 0.265. The van der Waals surface area contributed by atoms with Crippen molar-refractivity contribution in [1.82, 2.24) is 34.6 Å². The Balaban J connectivity index is 1.64. The lowest BCUT2D eigenvalue weighted by molar-refractivity contribution is 0.209. The van der Waals surface area contributed by atoms with Crippen LogP contribution in [-0.2, 0) is 12.2 Å². The van der Waals surface area contributed by atoms with Crippen LogP contribution in [0.3, 0.4) is 0 Å². The minimum atomic E-state index is -2.31. The molecule has 1 fully saturated rings. The zero-order valence-corrected chi connectivity index (χ0v) is 22.6. The first-order valence-corrected chi connectivity index (χ1v) is 13.5. The third kappa shape index (κ3) is 4.78. The van der Waals surface area contributed by atoms with Crippen LogP contribution < -0.4 is 5.76 Å². The molecule has 1 N–H and O–H groups in total. The third-order valence-electron chi connectivity index (χ3n) is 7.61. The number of hydrogen-bond acceptors (Lipinski definition) is 7. The second-order valence-corrected chi connectivity index (χ2v) is 11.0. The first kappa shape index (κ1) is 26.2. The molecular weight excluding hydrogens is 540 g/mol. The van der Waals surface area contributed by atoms with Gasteiger partial charge in [0.25, 0.3) is 0 Å². The maximum absolute atomic E-state index is 16.9. The Morgan fingerprint density at radius 1 is 1.15 bits per heavy atom. The molecule has 0 amide bonds. The molecule has 1 atom stereocenters. The Morgan fingerprint density at radius 2 is 1.93 bits per heavy atom. The molecule has 5 aromatic rings. The van der Waals surface area contributed by atoms with E-state index in [1.54, 1.807) is 22.9 Å². The zero-order chi connectivity index (χ0) is 28.0. The fraction of sp³-hybridized carbons (Fsp3) is 0.357. The van der Waals surface area contributed by atoms with Crippen LogP contribution >= 0.6 is 11.6 Å². The van der Waals surface area contributed by atoms with Crippen LogP contribution in [0.25, 0.3) is 34.1 Å². The van der Waals surface area contributed by atoms with E-state index in [4.69, 9.17) is 11.6 Å². The highest BCUT2D eigenvalue weighted by Gasteiger charge is 2.39. The Morgan fingerprint density at radius 3 is 2.62 bits per heavy atom. The summed E-state index contributed by atoms with van der Waals surface area (Å²) < 4.78 is 38.3. The van der Waals surface area contributed by atoms with Crippen molar-refractivity contribution in [2.24, 2.45) is 11.8 Å². The van der Waals surface area contributed by atoms with Crippen molar-refractivity contribution < 1.29 is 13.3 Å². The molecular formula is C28H26ClF2N7O2. The fourth-order valence-electron chi connectivity index (χ4n) is 5.48. The first-order valence-electron chi connectivity index (χ1n) is 13.1. The molecule has 0 radical (unpaired) electrons. The monoisotopic (exact) mass is 565 g/mol. The van der Waals surface area contributed by atoms with E-state index < -0.39 is 17.2 Å². The number of halogens is 3. The number of imidazole rings is 1. The van der Waals surface area contributed by atoms with Gasteiger partial charge in [-0.3, -0.25) is 14.5 Å².